The van der Waals surface area contributed by atoms with Gasteiger partial charge in [0.25, 0.3) is 0 Å². The van der Waals surface area contributed by atoms with Crippen molar-refractivity contribution in [2.75, 3.05) is 32.8 Å². The number of morpholine rings is 1. The molecule has 1 atom stereocenters. The molecule has 0 aromatic heterocycles. The molecule has 1 aliphatic heterocycles. The number of ether oxygens (including phenoxy) is 2. The molecular weight excluding hydrogens is 376 g/mol. The summed E-state index contributed by atoms with van der Waals surface area (Å²) in [6.07, 6.45) is 1.24. The summed E-state index contributed by atoms with van der Waals surface area (Å²) in [5, 5.41) is 0. The number of carbonyl (C=O) groups is 1. The number of hydrogen-bond acceptors (Lipinski definition) is 5. The van der Waals surface area contributed by atoms with Crippen molar-refractivity contribution < 1.29 is 14.3 Å². The van der Waals surface area contributed by atoms with Gasteiger partial charge in [-0.25, -0.2) is 0 Å². The predicted molar refractivity (Wildman–Crippen MR) is 119 cm³/mol. The maximum Gasteiger partial charge on any atom is 0.327 e. The van der Waals surface area contributed by atoms with Crippen LogP contribution in [0, 0.1) is 5.41 Å². The van der Waals surface area contributed by atoms with Crippen LogP contribution in [0.2, 0.25) is 0 Å². The molecule has 5 nitrogen and oxygen atoms in total. The first kappa shape index (κ1) is 22.5. The van der Waals surface area contributed by atoms with Crippen molar-refractivity contribution in [2.45, 2.75) is 38.8 Å². The zero-order valence-electron chi connectivity index (χ0n) is 18.2. The lowest BCUT2D eigenvalue weighted by atomic mass is 9.67. The first-order valence-corrected chi connectivity index (χ1v) is 10.7. The van der Waals surface area contributed by atoms with Gasteiger partial charge < -0.3 is 15.2 Å². The number of hydrogen-bond donors (Lipinski definition) is 1. The van der Waals surface area contributed by atoms with Crippen LogP contribution in [0.5, 0.6) is 0 Å². The molecule has 0 aliphatic carbocycles. The molecule has 2 N–H and O–H groups in total. The minimum absolute atomic E-state index is 0.229. The normalized spacial score (nSPS) is 17.3. The van der Waals surface area contributed by atoms with E-state index in [1.807, 2.05) is 60.7 Å². The highest BCUT2D eigenvalue weighted by Crippen LogP contribution is 2.37. The summed E-state index contributed by atoms with van der Waals surface area (Å²) in [6, 6.07) is 19.7. The molecule has 30 heavy (non-hydrogen) atoms. The van der Waals surface area contributed by atoms with Gasteiger partial charge in [0.05, 0.1) is 13.2 Å². The number of carbonyl (C=O) groups excluding carboxylic acids is 1. The van der Waals surface area contributed by atoms with Gasteiger partial charge in [-0.2, -0.15) is 0 Å². The van der Waals surface area contributed by atoms with Crippen LogP contribution in [0.3, 0.4) is 0 Å². The molecule has 162 valence electrons. The number of rotatable bonds is 9. The van der Waals surface area contributed by atoms with E-state index >= 15 is 0 Å². The van der Waals surface area contributed by atoms with E-state index in [1.54, 1.807) is 0 Å². The van der Waals surface area contributed by atoms with E-state index < -0.39 is 11.0 Å². The van der Waals surface area contributed by atoms with Gasteiger partial charge in [0.1, 0.15) is 12.1 Å². The molecule has 2 aromatic carbocycles. The van der Waals surface area contributed by atoms with Crippen molar-refractivity contribution in [3.05, 3.63) is 71.8 Å². The van der Waals surface area contributed by atoms with Crippen molar-refractivity contribution in [3.8, 4) is 0 Å². The lowest BCUT2D eigenvalue weighted by Crippen LogP contribution is -2.61. The van der Waals surface area contributed by atoms with E-state index in [0.717, 1.165) is 50.4 Å². The van der Waals surface area contributed by atoms with Crippen LogP contribution < -0.4 is 5.73 Å². The van der Waals surface area contributed by atoms with E-state index in [1.165, 1.54) is 0 Å². The summed E-state index contributed by atoms with van der Waals surface area (Å²) in [4.78, 5) is 15.7. The third-order valence-electron chi connectivity index (χ3n) is 6.27. The van der Waals surface area contributed by atoms with Crippen molar-refractivity contribution in [2.24, 2.45) is 11.1 Å². The second-order valence-corrected chi connectivity index (χ2v) is 8.78. The Kier molecular flexibility index (Phi) is 7.64. The lowest BCUT2D eigenvalue weighted by molar-refractivity contribution is -0.157. The maximum atomic E-state index is 13.4. The molecule has 0 amide bonds. The largest absolute Gasteiger partial charge is 0.459 e. The number of esters is 1. The monoisotopic (exact) mass is 410 g/mol. The Morgan fingerprint density at radius 1 is 1.00 bits per heavy atom. The molecule has 1 fully saturated rings. The minimum atomic E-state index is -1.13. The van der Waals surface area contributed by atoms with Gasteiger partial charge in [-0.05, 0) is 29.5 Å². The highest BCUT2D eigenvalue weighted by atomic mass is 16.5. The molecule has 1 aliphatic rings. The van der Waals surface area contributed by atoms with Crippen LogP contribution >= 0.6 is 0 Å². The van der Waals surface area contributed by atoms with Gasteiger partial charge >= 0.3 is 5.97 Å². The van der Waals surface area contributed by atoms with Crippen molar-refractivity contribution in [3.63, 3.8) is 0 Å². The average molecular weight is 411 g/mol. The SMILES string of the molecule is CC(C)(CCN1CCOCC1)C(N)(Cc1ccccc1)C(=O)OCc1ccccc1. The highest BCUT2D eigenvalue weighted by molar-refractivity contribution is 5.82. The molecule has 0 spiro atoms. The third-order valence-corrected chi connectivity index (χ3v) is 6.27. The van der Waals surface area contributed by atoms with Gasteiger partial charge in [-0.3, -0.25) is 9.69 Å². The first-order valence-electron chi connectivity index (χ1n) is 10.7. The van der Waals surface area contributed by atoms with Crippen molar-refractivity contribution in [1.29, 1.82) is 0 Å². The average Bonchev–Trinajstić information content (AvgIpc) is 2.78. The summed E-state index contributed by atoms with van der Waals surface area (Å²) in [7, 11) is 0. The van der Waals surface area contributed by atoms with E-state index in [9.17, 15) is 4.79 Å². The van der Waals surface area contributed by atoms with Crippen molar-refractivity contribution >= 4 is 5.97 Å². The molecule has 3 rings (SSSR count). The smallest absolute Gasteiger partial charge is 0.327 e. The zero-order chi connectivity index (χ0) is 21.5. The second kappa shape index (κ2) is 10.2. The fourth-order valence-electron chi connectivity index (χ4n) is 3.84. The number of nitrogens with zero attached hydrogens (tertiary/aromatic N) is 1. The van der Waals surface area contributed by atoms with E-state index in [2.05, 4.69) is 18.7 Å². The quantitative estimate of drug-likeness (QED) is 0.642. The summed E-state index contributed by atoms with van der Waals surface area (Å²) >= 11 is 0. The highest BCUT2D eigenvalue weighted by Gasteiger charge is 2.49. The van der Waals surface area contributed by atoms with Crippen LogP contribution in [0.1, 0.15) is 31.4 Å². The summed E-state index contributed by atoms with van der Waals surface area (Å²) in [6.45, 7) is 8.65. The van der Waals surface area contributed by atoms with E-state index in [-0.39, 0.29) is 12.6 Å². The van der Waals surface area contributed by atoms with Gasteiger partial charge in [-0.15, -0.1) is 0 Å². The molecular formula is C25H34N2O3. The van der Waals surface area contributed by atoms with Gasteiger partial charge in [0, 0.05) is 19.5 Å². The zero-order valence-corrected chi connectivity index (χ0v) is 18.2. The second-order valence-electron chi connectivity index (χ2n) is 8.78. The summed E-state index contributed by atoms with van der Waals surface area (Å²) in [5.41, 5.74) is 7.33. The summed E-state index contributed by atoms with van der Waals surface area (Å²) < 4.78 is 11.2. The lowest BCUT2D eigenvalue weighted by Gasteiger charge is -2.43. The molecule has 1 saturated heterocycles. The van der Waals surface area contributed by atoms with Crippen LogP contribution in [0.25, 0.3) is 0 Å². The summed E-state index contributed by atoms with van der Waals surface area (Å²) in [5.74, 6) is -0.345. The third kappa shape index (κ3) is 5.69. The molecule has 5 heteroatoms. The Morgan fingerprint density at radius 3 is 2.17 bits per heavy atom. The standard InChI is InChI=1S/C25H34N2O3/c1-24(2,13-14-27-15-17-29-18-16-27)25(26,19-21-9-5-3-6-10-21)23(28)30-20-22-11-7-4-8-12-22/h3-12H,13-20,26H2,1-2H3. The Hall–Kier alpha value is -2.21. The topological polar surface area (TPSA) is 64.8 Å². The van der Waals surface area contributed by atoms with Crippen LogP contribution in [-0.4, -0.2) is 49.3 Å². The Morgan fingerprint density at radius 2 is 1.57 bits per heavy atom. The molecule has 0 saturated carbocycles. The van der Waals surface area contributed by atoms with Crippen molar-refractivity contribution in [1.82, 2.24) is 4.90 Å². The molecule has 0 radical (unpaired) electrons. The Bertz CT molecular complexity index is 789. The minimum Gasteiger partial charge on any atom is -0.459 e. The molecule has 1 heterocycles. The molecule has 1 unspecified atom stereocenters. The number of nitrogens with two attached hydrogens (primary N) is 1. The maximum absolute atomic E-state index is 13.4. The van der Waals surface area contributed by atoms with Gasteiger partial charge in [-0.1, -0.05) is 74.5 Å². The van der Waals surface area contributed by atoms with Crippen LogP contribution in [0.4, 0.5) is 0 Å². The van der Waals surface area contributed by atoms with E-state index in [0.29, 0.717) is 6.42 Å². The van der Waals surface area contributed by atoms with E-state index in [4.69, 9.17) is 15.2 Å². The fraction of sp³-hybridized carbons (Fsp3) is 0.480. The molecule has 0 bridgehead atoms. The first-order chi connectivity index (χ1) is 14.4. The van der Waals surface area contributed by atoms with Gasteiger partial charge in [0.15, 0.2) is 0 Å². The Labute approximate surface area is 180 Å². The predicted octanol–water partition coefficient (Wildman–Crippen LogP) is 3.42. The van der Waals surface area contributed by atoms with Crippen LogP contribution in [0.15, 0.2) is 60.7 Å². The number of benzene rings is 2. The van der Waals surface area contributed by atoms with Gasteiger partial charge in [0.2, 0.25) is 0 Å². The fourth-order valence-corrected chi connectivity index (χ4v) is 3.84. The molecule has 2 aromatic rings. The van der Waals surface area contributed by atoms with Crippen LogP contribution in [-0.2, 0) is 27.3 Å². The Balaban J connectivity index is 1.75.